The van der Waals surface area contributed by atoms with Crippen LogP contribution in [-0.4, -0.2) is 24.0 Å². The van der Waals surface area contributed by atoms with E-state index in [4.69, 9.17) is 5.11 Å². The van der Waals surface area contributed by atoms with Gasteiger partial charge in [-0.3, -0.25) is 0 Å². The molecule has 0 saturated heterocycles. The minimum Gasteiger partial charge on any atom is -0.478 e. The number of alkyl halides is 5. The lowest BCUT2D eigenvalue weighted by atomic mass is 10.1. The summed E-state index contributed by atoms with van der Waals surface area (Å²) in [4.78, 5) is 10.6. The van der Waals surface area contributed by atoms with Gasteiger partial charge in [-0.2, -0.15) is 13.2 Å². The molecule has 0 aliphatic carbocycles. The van der Waals surface area contributed by atoms with Crippen molar-refractivity contribution >= 4 is 11.7 Å². The lowest BCUT2D eigenvalue weighted by Gasteiger charge is -2.13. The Labute approximate surface area is 98.2 Å². The average molecular weight is 269 g/mol. The molecule has 0 spiro atoms. The van der Waals surface area contributed by atoms with Gasteiger partial charge in [0.2, 0.25) is 0 Å². The van der Waals surface area contributed by atoms with Gasteiger partial charge in [0.25, 0.3) is 6.43 Å². The predicted molar refractivity (Wildman–Crippen MR) is 52.9 cm³/mol. The van der Waals surface area contributed by atoms with Crippen LogP contribution in [0.4, 0.5) is 27.6 Å². The van der Waals surface area contributed by atoms with Crippen molar-refractivity contribution < 1.29 is 31.9 Å². The molecular weight excluding hydrogens is 261 g/mol. The van der Waals surface area contributed by atoms with Crippen LogP contribution in [0.15, 0.2) is 18.2 Å². The molecule has 0 aromatic heterocycles. The molecule has 2 N–H and O–H groups in total. The fraction of sp³-hybridized carbons (Fsp3) is 0.300. The fourth-order valence-corrected chi connectivity index (χ4v) is 1.27. The lowest BCUT2D eigenvalue weighted by Crippen LogP contribution is -2.15. The lowest BCUT2D eigenvalue weighted by molar-refractivity contribution is -0.138. The van der Waals surface area contributed by atoms with Gasteiger partial charge in [-0.25, -0.2) is 13.6 Å². The Kier molecular flexibility index (Phi) is 4.10. The molecule has 0 atom stereocenters. The first-order valence-corrected chi connectivity index (χ1v) is 4.68. The van der Waals surface area contributed by atoms with Crippen LogP contribution >= 0.6 is 0 Å². The van der Waals surface area contributed by atoms with Gasteiger partial charge in [0.05, 0.1) is 17.7 Å². The Morgan fingerprint density at radius 1 is 1.33 bits per heavy atom. The quantitative estimate of drug-likeness (QED) is 0.826. The average Bonchev–Trinajstić information content (AvgIpc) is 2.24. The number of hydrogen-bond acceptors (Lipinski definition) is 2. The second kappa shape index (κ2) is 5.19. The van der Waals surface area contributed by atoms with E-state index in [1.54, 1.807) is 0 Å². The van der Waals surface area contributed by atoms with Gasteiger partial charge in [-0.05, 0) is 18.2 Å². The summed E-state index contributed by atoms with van der Waals surface area (Å²) >= 11 is 0. The van der Waals surface area contributed by atoms with Gasteiger partial charge in [0.1, 0.15) is 0 Å². The zero-order valence-corrected chi connectivity index (χ0v) is 8.76. The maximum Gasteiger partial charge on any atom is 0.417 e. The van der Waals surface area contributed by atoms with E-state index in [-0.39, 0.29) is 5.69 Å². The molecule has 0 fully saturated rings. The maximum atomic E-state index is 12.5. The molecule has 1 aromatic rings. The second-order valence-electron chi connectivity index (χ2n) is 3.34. The topological polar surface area (TPSA) is 49.3 Å². The molecule has 0 bridgehead atoms. The minimum absolute atomic E-state index is 0.215. The van der Waals surface area contributed by atoms with Crippen LogP contribution in [0.1, 0.15) is 15.9 Å². The smallest absolute Gasteiger partial charge is 0.417 e. The molecule has 8 heteroatoms. The number of hydrogen-bond donors (Lipinski definition) is 2. The first-order valence-electron chi connectivity index (χ1n) is 4.68. The minimum atomic E-state index is -4.86. The summed E-state index contributed by atoms with van der Waals surface area (Å²) < 4.78 is 61.4. The third kappa shape index (κ3) is 3.57. The summed E-state index contributed by atoms with van der Waals surface area (Å²) in [6.45, 7) is -0.816. The number of nitrogens with one attached hydrogen (secondary N) is 1. The van der Waals surface area contributed by atoms with Gasteiger partial charge < -0.3 is 10.4 Å². The number of aromatic carboxylic acids is 1. The molecule has 0 radical (unpaired) electrons. The van der Waals surface area contributed by atoms with E-state index in [2.05, 4.69) is 5.32 Å². The van der Waals surface area contributed by atoms with E-state index < -0.39 is 36.2 Å². The largest absolute Gasteiger partial charge is 0.478 e. The number of rotatable bonds is 4. The molecule has 0 aliphatic rings. The highest BCUT2D eigenvalue weighted by atomic mass is 19.4. The number of benzene rings is 1. The van der Waals surface area contributed by atoms with E-state index in [0.29, 0.717) is 6.07 Å². The van der Waals surface area contributed by atoms with Crippen LogP contribution in [0.25, 0.3) is 0 Å². The van der Waals surface area contributed by atoms with Crippen LogP contribution < -0.4 is 5.32 Å². The summed E-state index contributed by atoms with van der Waals surface area (Å²) in [5.41, 5.74) is -2.52. The Balaban J connectivity index is 3.10. The number of carbonyl (C=O) groups is 1. The summed E-state index contributed by atoms with van der Waals surface area (Å²) in [5.74, 6) is -1.73. The Bertz CT molecular complexity index is 444. The molecule has 1 rings (SSSR count). The SMILES string of the molecule is O=C(O)c1ccc(NCC(F)F)cc1C(F)(F)F. The Hall–Kier alpha value is -1.86. The van der Waals surface area contributed by atoms with Gasteiger partial charge in [0.15, 0.2) is 0 Å². The van der Waals surface area contributed by atoms with Crippen molar-refractivity contribution in [2.75, 3.05) is 11.9 Å². The first kappa shape index (κ1) is 14.2. The third-order valence-corrected chi connectivity index (χ3v) is 2.02. The van der Waals surface area contributed by atoms with Crippen molar-refractivity contribution in [3.05, 3.63) is 29.3 Å². The summed E-state index contributed by atoms with van der Waals surface area (Å²) in [6, 6.07) is 2.21. The second-order valence-corrected chi connectivity index (χ2v) is 3.34. The van der Waals surface area contributed by atoms with Crippen LogP contribution in [0.3, 0.4) is 0 Å². The fourth-order valence-electron chi connectivity index (χ4n) is 1.27. The standard InChI is InChI=1S/C10H8F5NO2/c11-8(12)4-16-5-1-2-6(9(17)18)7(3-5)10(13,14)15/h1-3,8,16H,4H2,(H,17,18). The molecule has 18 heavy (non-hydrogen) atoms. The van der Waals surface area contributed by atoms with Crippen molar-refractivity contribution in [3.63, 3.8) is 0 Å². The van der Waals surface area contributed by atoms with E-state index in [1.165, 1.54) is 0 Å². The highest BCUT2D eigenvalue weighted by Gasteiger charge is 2.35. The van der Waals surface area contributed by atoms with Crippen molar-refractivity contribution in [2.24, 2.45) is 0 Å². The Morgan fingerprint density at radius 3 is 2.39 bits per heavy atom. The Morgan fingerprint density at radius 2 is 1.94 bits per heavy atom. The van der Waals surface area contributed by atoms with E-state index >= 15 is 0 Å². The van der Waals surface area contributed by atoms with Gasteiger partial charge in [-0.15, -0.1) is 0 Å². The van der Waals surface area contributed by atoms with Crippen LogP contribution in [0.2, 0.25) is 0 Å². The molecule has 3 nitrogen and oxygen atoms in total. The normalized spacial score (nSPS) is 11.7. The third-order valence-electron chi connectivity index (χ3n) is 2.02. The summed E-state index contributed by atoms with van der Waals surface area (Å²) in [6.07, 6.45) is -7.59. The zero-order valence-electron chi connectivity index (χ0n) is 8.76. The molecule has 0 aliphatic heterocycles. The highest BCUT2D eigenvalue weighted by Crippen LogP contribution is 2.33. The highest BCUT2D eigenvalue weighted by molar-refractivity contribution is 5.90. The molecule has 1 aromatic carbocycles. The van der Waals surface area contributed by atoms with E-state index in [1.807, 2.05) is 0 Å². The van der Waals surface area contributed by atoms with Crippen molar-refractivity contribution in [2.45, 2.75) is 12.6 Å². The summed E-state index contributed by atoms with van der Waals surface area (Å²) in [5, 5.41) is 10.7. The van der Waals surface area contributed by atoms with Crippen LogP contribution in [0, 0.1) is 0 Å². The molecule has 0 heterocycles. The van der Waals surface area contributed by atoms with E-state index in [9.17, 15) is 26.7 Å². The monoisotopic (exact) mass is 269 g/mol. The number of carboxylic acids is 1. The first-order chi connectivity index (χ1) is 8.21. The van der Waals surface area contributed by atoms with Crippen molar-refractivity contribution in [1.29, 1.82) is 0 Å². The predicted octanol–water partition coefficient (Wildman–Crippen LogP) is 3.08. The van der Waals surface area contributed by atoms with Crippen LogP contribution in [-0.2, 0) is 6.18 Å². The molecule has 0 saturated carbocycles. The number of carboxylic acid groups (broad SMARTS) is 1. The molecule has 0 unspecified atom stereocenters. The van der Waals surface area contributed by atoms with E-state index in [0.717, 1.165) is 12.1 Å². The molecule has 100 valence electrons. The van der Waals surface area contributed by atoms with Crippen LogP contribution in [0.5, 0.6) is 0 Å². The zero-order chi connectivity index (χ0) is 13.9. The summed E-state index contributed by atoms with van der Waals surface area (Å²) in [7, 11) is 0. The molecule has 0 amide bonds. The molecular formula is C10H8F5NO2. The van der Waals surface area contributed by atoms with Gasteiger partial charge in [-0.1, -0.05) is 0 Å². The number of halogens is 5. The van der Waals surface area contributed by atoms with Gasteiger partial charge >= 0.3 is 12.1 Å². The number of anilines is 1. The van der Waals surface area contributed by atoms with Gasteiger partial charge in [0, 0.05) is 5.69 Å². The van der Waals surface area contributed by atoms with Crippen molar-refractivity contribution in [3.8, 4) is 0 Å². The maximum absolute atomic E-state index is 12.5. The van der Waals surface area contributed by atoms with Crippen molar-refractivity contribution in [1.82, 2.24) is 0 Å².